The number of amides is 2. The number of nitrogens with one attached hydrogen (secondary N) is 2. The summed E-state index contributed by atoms with van der Waals surface area (Å²) in [4.78, 5) is 12.9. The highest BCUT2D eigenvalue weighted by Crippen LogP contribution is 2.24. The molecule has 5 nitrogen and oxygen atoms in total. The Morgan fingerprint density at radius 3 is 2.36 bits per heavy atom. The maximum absolute atomic E-state index is 12.9. The number of benzene rings is 1. The number of carbonyl (C=O) groups is 1. The van der Waals surface area contributed by atoms with Gasteiger partial charge in [-0.05, 0) is 49.5 Å². The van der Waals surface area contributed by atoms with E-state index in [0.717, 1.165) is 48.2 Å². The lowest BCUT2D eigenvalue weighted by molar-refractivity contribution is 0.136. The van der Waals surface area contributed by atoms with Crippen molar-refractivity contribution in [3.05, 3.63) is 41.5 Å². The van der Waals surface area contributed by atoms with E-state index in [1.54, 1.807) is 5.01 Å². The molecular weight excluding hydrogens is 332 g/mol. The quantitative estimate of drug-likeness (QED) is 0.621. The highest BCUT2D eigenvalue weighted by molar-refractivity contribution is 7.80. The Bertz CT molecular complexity index is 637. The number of urea groups is 1. The minimum Gasteiger partial charge on any atom is -0.357 e. The number of thiocarbonyl (C=S) groups is 1. The van der Waals surface area contributed by atoms with E-state index in [2.05, 4.69) is 43.2 Å². The molecule has 6 heteroatoms. The molecule has 25 heavy (non-hydrogen) atoms. The molecule has 1 heterocycles. The molecule has 0 aliphatic carbocycles. The fraction of sp³-hybridized carbons (Fsp3) is 0.474. The lowest BCUT2D eigenvalue weighted by atomic mass is 10.0. The molecule has 0 aromatic heterocycles. The molecule has 1 fully saturated rings. The zero-order valence-electron chi connectivity index (χ0n) is 15.4. The summed E-state index contributed by atoms with van der Waals surface area (Å²) in [6.45, 7) is 12.0. The largest absolute Gasteiger partial charge is 0.357 e. The maximum atomic E-state index is 12.9. The van der Waals surface area contributed by atoms with Gasteiger partial charge in [-0.1, -0.05) is 44.2 Å². The first-order valence-electron chi connectivity index (χ1n) is 8.86. The van der Waals surface area contributed by atoms with Gasteiger partial charge >= 0.3 is 6.03 Å². The van der Waals surface area contributed by atoms with Crippen LogP contribution in [0.25, 0.3) is 0 Å². The summed E-state index contributed by atoms with van der Waals surface area (Å²) >= 11 is 5.44. The van der Waals surface area contributed by atoms with Crippen LogP contribution in [0.15, 0.2) is 30.4 Å². The van der Waals surface area contributed by atoms with Gasteiger partial charge in [0.05, 0.1) is 0 Å². The van der Waals surface area contributed by atoms with Gasteiger partial charge < -0.3 is 10.6 Å². The van der Waals surface area contributed by atoms with Gasteiger partial charge in [-0.3, -0.25) is 5.01 Å². The van der Waals surface area contributed by atoms with E-state index in [-0.39, 0.29) is 6.03 Å². The Kier molecular flexibility index (Phi) is 6.82. The molecule has 1 aliphatic rings. The monoisotopic (exact) mass is 360 g/mol. The SMILES string of the molecule is C=C(C)CNC(=S)N1CCCN1C(=O)Nc1c(CC)cccc1CC. The van der Waals surface area contributed by atoms with Crippen LogP contribution in [0.5, 0.6) is 0 Å². The van der Waals surface area contributed by atoms with Crippen molar-refractivity contribution in [3.63, 3.8) is 0 Å². The van der Waals surface area contributed by atoms with Gasteiger partial charge in [0, 0.05) is 25.3 Å². The second kappa shape index (κ2) is 8.85. The first kappa shape index (κ1) is 19.2. The Balaban J connectivity index is 2.12. The van der Waals surface area contributed by atoms with Crippen molar-refractivity contribution in [2.45, 2.75) is 40.0 Å². The van der Waals surface area contributed by atoms with E-state index < -0.39 is 0 Å². The minimum atomic E-state index is -0.132. The highest BCUT2D eigenvalue weighted by Gasteiger charge is 2.29. The number of hydrazine groups is 1. The van der Waals surface area contributed by atoms with Crippen LogP contribution in [0.1, 0.15) is 38.3 Å². The van der Waals surface area contributed by atoms with Crippen molar-refractivity contribution in [1.82, 2.24) is 15.3 Å². The Morgan fingerprint density at radius 1 is 1.20 bits per heavy atom. The number of rotatable bonds is 5. The predicted octanol–water partition coefficient (Wildman–Crippen LogP) is 3.72. The molecule has 0 bridgehead atoms. The zero-order chi connectivity index (χ0) is 18.4. The standard InChI is InChI=1S/C19H28N4OS/c1-5-15-9-7-10-16(6-2)17(15)21-18(24)22-11-8-12-23(22)19(25)20-13-14(3)4/h7,9-10H,3,5-6,8,11-13H2,1-2,4H3,(H,20,25)(H,21,24). The van der Waals surface area contributed by atoms with Crippen LogP contribution in [0.2, 0.25) is 0 Å². The van der Waals surface area contributed by atoms with Crippen LogP contribution in [-0.2, 0) is 12.8 Å². The molecule has 1 aliphatic heterocycles. The Labute approximate surface area is 156 Å². The number of aryl methyl sites for hydroxylation is 2. The molecular formula is C19H28N4OS. The number of nitrogens with zero attached hydrogens (tertiary/aromatic N) is 2. The smallest absolute Gasteiger partial charge is 0.340 e. The fourth-order valence-corrected chi connectivity index (χ4v) is 3.19. The third-order valence-electron chi connectivity index (χ3n) is 4.27. The summed E-state index contributed by atoms with van der Waals surface area (Å²) in [6.07, 6.45) is 2.66. The van der Waals surface area contributed by atoms with Crippen LogP contribution in [-0.4, -0.2) is 40.8 Å². The van der Waals surface area contributed by atoms with Crippen LogP contribution >= 0.6 is 12.2 Å². The third-order valence-corrected chi connectivity index (χ3v) is 4.63. The Hall–Kier alpha value is -2.08. The van der Waals surface area contributed by atoms with E-state index in [1.807, 2.05) is 18.0 Å². The second-order valence-electron chi connectivity index (χ2n) is 6.30. The van der Waals surface area contributed by atoms with Crippen molar-refractivity contribution < 1.29 is 4.79 Å². The molecule has 0 unspecified atom stereocenters. The summed E-state index contributed by atoms with van der Waals surface area (Å²) < 4.78 is 0. The van der Waals surface area contributed by atoms with E-state index in [9.17, 15) is 4.79 Å². The van der Waals surface area contributed by atoms with Gasteiger partial charge in [0.25, 0.3) is 0 Å². The topological polar surface area (TPSA) is 47.6 Å². The molecule has 1 aromatic rings. The van der Waals surface area contributed by atoms with E-state index in [4.69, 9.17) is 12.2 Å². The molecule has 136 valence electrons. The predicted molar refractivity (Wildman–Crippen MR) is 108 cm³/mol. The molecule has 2 amide bonds. The molecule has 0 spiro atoms. The summed E-state index contributed by atoms with van der Waals surface area (Å²) in [5, 5.41) is 10.4. The molecule has 2 rings (SSSR count). The second-order valence-corrected chi connectivity index (χ2v) is 6.69. The van der Waals surface area contributed by atoms with Gasteiger partial charge in [0.15, 0.2) is 5.11 Å². The average Bonchev–Trinajstić information content (AvgIpc) is 3.09. The van der Waals surface area contributed by atoms with Crippen molar-refractivity contribution in [3.8, 4) is 0 Å². The highest BCUT2D eigenvalue weighted by atomic mass is 32.1. The molecule has 0 atom stereocenters. The van der Waals surface area contributed by atoms with Crippen LogP contribution in [0, 0.1) is 0 Å². The first-order chi connectivity index (χ1) is 12.0. The minimum absolute atomic E-state index is 0.132. The van der Waals surface area contributed by atoms with Gasteiger partial charge in [-0.15, -0.1) is 0 Å². The molecule has 2 N–H and O–H groups in total. The van der Waals surface area contributed by atoms with Gasteiger partial charge in [0.1, 0.15) is 0 Å². The van der Waals surface area contributed by atoms with Crippen molar-refractivity contribution in [2.75, 3.05) is 25.0 Å². The molecule has 1 aromatic carbocycles. The van der Waals surface area contributed by atoms with E-state index >= 15 is 0 Å². The summed E-state index contributed by atoms with van der Waals surface area (Å²) in [6, 6.07) is 6.05. The van der Waals surface area contributed by atoms with Crippen molar-refractivity contribution in [1.29, 1.82) is 0 Å². The number of para-hydroxylation sites is 1. The third kappa shape index (κ3) is 4.72. The van der Waals surface area contributed by atoms with Gasteiger partial charge in [-0.2, -0.15) is 0 Å². The number of anilines is 1. The van der Waals surface area contributed by atoms with E-state index in [0.29, 0.717) is 18.2 Å². The van der Waals surface area contributed by atoms with Crippen molar-refractivity contribution >= 4 is 29.0 Å². The Morgan fingerprint density at radius 2 is 1.80 bits per heavy atom. The lowest BCUT2D eigenvalue weighted by Gasteiger charge is -2.30. The summed E-state index contributed by atoms with van der Waals surface area (Å²) in [5.74, 6) is 0. The normalized spacial score (nSPS) is 13.7. The van der Waals surface area contributed by atoms with Crippen molar-refractivity contribution in [2.24, 2.45) is 0 Å². The number of hydrogen-bond acceptors (Lipinski definition) is 2. The fourth-order valence-electron chi connectivity index (χ4n) is 2.93. The lowest BCUT2D eigenvalue weighted by Crippen LogP contribution is -2.50. The average molecular weight is 361 g/mol. The summed E-state index contributed by atoms with van der Waals surface area (Å²) in [5.41, 5.74) is 4.25. The van der Waals surface area contributed by atoms with Crippen LogP contribution < -0.4 is 10.6 Å². The van der Waals surface area contributed by atoms with Crippen LogP contribution in [0.4, 0.5) is 10.5 Å². The zero-order valence-corrected chi connectivity index (χ0v) is 16.2. The summed E-state index contributed by atoms with van der Waals surface area (Å²) in [7, 11) is 0. The number of carbonyl (C=O) groups excluding carboxylic acids is 1. The first-order valence-corrected chi connectivity index (χ1v) is 9.27. The maximum Gasteiger partial charge on any atom is 0.340 e. The van der Waals surface area contributed by atoms with Gasteiger partial charge in [0.2, 0.25) is 0 Å². The van der Waals surface area contributed by atoms with E-state index in [1.165, 1.54) is 0 Å². The molecule has 0 radical (unpaired) electrons. The molecule has 0 saturated carbocycles. The molecule has 1 saturated heterocycles. The number of hydrogen-bond donors (Lipinski definition) is 2. The van der Waals surface area contributed by atoms with Gasteiger partial charge in [-0.25, -0.2) is 9.80 Å². The van der Waals surface area contributed by atoms with Crippen LogP contribution in [0.3, 0.4) is 0 Å².